The van der Waals surface area contributed by atoms with Gasteiger partial charge in [0.15, 0.2) is 0 Å². The van der Waals surface area contributed by atoms with Crippen molar-refractivity contribution < 1.29 is 4.74 Å². The van der Waals surface area contributed by atoms with Gasteiger partial charge in [0, 0.05) is 45.5 Å². The molecular weight excluding hydrogens is 276 g/mol. The van der Waals surface area contributed by atoms with E-state index in [0.717, 1.165) is 31.3 Å². The summed E-state index contributed by atoms with van der Waals surface area (Å²) in [5, 5.41) is 3.45. The molecule has 0 amide bonds. The number of pyridine rings is 1. The highest BCUT2D eigenvalue weighted by Crippen LogP contribution is 2.16. The van der Waals surface area contributed by atoms with Gasteiger partial charge < -0.3 is 15.0 Å². The Hall–Kier alpha value is -1.17. The predicted octanol–water partition coefficient (Wildman–Crippen LogP) is 1.21. The number of piperidine rings is 1. The van der Waals surface area contributed by atoms with Crippen LogP contribution in [0.1, 0.15) is 18.4 Å². The van der Waals surface area contributed by atoms with Crippen molar-refractivity contribution in [2.24, 2.45) is 5.92 Å². The third-order valence-corrected chi connectivity index (χ3v) is 4.85. The maximum Gasteiger partial charge on any atom is 0.137 e. The topological polar surface area (TPSA) is 40.6 Å². The summed E-state index contributed by atoms with van der Waals surface area (Å²) in [6.45, 7) is 9.37. The van der Waals surface area contributed by atoms with Gasteiger partial charge in [0.25, 0.3) is 0 Å². The highest BCUT2D eigenvalue weighted by Gasteiger charge is 2.21. The van der Waals surface area contributed by atoms with Gasteiger partial charge in [-0.25, -0.2) is 0 Å². The summed E-state index contributed by atoms with van der Waals surface area (Å²) in [6.07, 6.45) is 6.40. The third-order valence-electron chi connectivity index (χ3n) is 4.85. The molecule has 0 unspecified atom stereocenters. The smallest absolute Gasteiger partial charge is 0.137 e. The van der Waals surface area contributed by atoms with Crippen LogP contribution in [0.2, 0.25) is 0 Å². The second kappa shape index (κ2) is 7.90. The fourth-order valence-electron chi connectivity index (χ4n) is 3.48. The molecule has 2 saturated heterocycles. The van der Waals surface area contributed by atoms with Crippen LogP contribution in [0, 0.1) is 5.92 Å². The molecule has 1 N–H and O–H groups in total. The van der Waals surface area contributed by atoms with Crippen molar-refractivity contribution in [1.82, 2.24) is 20.1 Å². The maximum absolute atomic E-state index is 5.25. The van der Waals surface area contributed by atoms with Crippen LogP contribution in [-0.4, -0.2) is 67.7 Å². The minimum absolute atomic E-state index is 0.849. The van der Waals surface area contributed by atoms with Crippen molar-refractivity contribution in [2.75, 3.05) is 52.9 Å². The molecule has 0 atom stereocenters. The summed E-state index contributed by atoms with van der Waals surface area (Å²) in [7, 11) is 1.69. The number of aromatic nitrogens is 1. The second-order valence-electron chi connectivity index (χ2n) is 6.50. The lowest BCUT2D eigenvalue weighted by Crippen LogP contribution is -2.48. The molecular formula is C17H28N4O. The second-order valence-corrected chi connectivity index (χ2v) is 6.50. The first kappa shape index (κ1) is 15.7. The van der Waals surface area contributed by atoms with Crippen LogP contribution in [0.25, 0.3) is 0 Å². The molecule has 2 aliphatic rings. The number of methoxy groups -OCH3 is 1. The highest BCUT2D eigenvalue weighted by molar-refractivity contribution is 5.23. The maximum atomic E-state index is 5.25. The van der Waals surface area contributed by atoms with Crippen molar-refractivity contribution in [2.45, 2.75) is 19.4 Å². The first-order valence-corrected chi connectivity index (χ1v) is 8.47. The first-order chi connectivity index (χ1) is 10.8. The molecule has 0 radical (unpaired) electrons. The molecule has 0 aliphatic carbocycles. The molecule has 122 valence electrons. The Morgan fingerprint density at radius 3 is 2.59 bits per heavy atom. The van der Waals surface area contributed by atoms with E-state index >= 15 is 0 Å². The number of hydrogen-bond acceptors (Lipinski definition) is 5. The third kappa shape index (κ3) is 4.41. The fraction of sp³-hybridized carbons (Fsp3) is 0.706. The molecule has 0 spiro atoms. The molecule has 0 aromatic carbocycles. The Balaban J connectivity index is 1.43. The van der Waals surface area contributed by atoms with Crippen LogP contribution >= 0.6 is 0 Å². The molecule has 2 fully saturated rings. The Kier molecular flexibility index (Phi) is 5.64. The van der Waals surface area contributed by atoms with E-state index in [1.807, 2.05) is 6.20 Å². The highest BCUT2D eigenvalue weighted by atomic mass is 16.5. The normalized spacial score (nSPS) is 21.9. The van der Waals surface area contributed by atoms with E-state index in [4.69, 9.17) is 4.74 Å². The lowest BCUT2D eigenvalue weighted by atomic mass is 9.97. The molecule has 5 heteroatoms. The molecule has 3 heterocycles. The van der Waals surface area contributed by atoms with E-state index in [-0.39, 0.29) is 0 Å². The lowest BCUT2D eigenvalue weighted by molar-refractivity contribution is 0.107. The van der Waals surface area contributed by atoms with E-state index < -0.39 is 0 Å². The number of nitrogens with zero attached hydrogens (tertiary/aromatic N) is 3. The Morgan fingerprint density at radius 1 is 1.14 bits per heavy atom. The molecule has 22 heavy (non-hydrogen) atoms. The monoisotopic (exact) mass is 304 g/mol. The van der Waals surface area contributed by atoms with Crippen molar-refractivity contribution in [3.8, 4) is 5.75 Å². The summed E-state index contributed by atoms with van der Waals surface area (Å²) in [5.74, 6) is 1.75. The average molecular weight is 304 g/mol. The predicted molar refractivity (Wildman–Crippen MR) is 88.1 cm³/mol. The van der Waals surface area contributed by atoms with Gasteiger partial charge in [0.05, 0.1) is 13.3 Å². The summed E-state index contributed by atoms with van der Waals surface area (Å²) < 4.78 is 5.25. The van der Waals surface area contributed by atoms with E-state index in [1.54, 1.807) is 13.3 Å². The van der Waals surface area contributed by atoms with Gasteiger partial charge in [-0.3, -0.25) is 9.88 Å². The van der Waals surface area contributed by atoms with Crippen molar-refractivity contribution in [3.05, 3.63) is 24.0 Å². The summed E-state index contributed by atoms with van der Waals surface area (Å²) in [5.41, 5.74) is 1.24. The minimum atomic E-state index is 0.849. The molecule has 2 aliphatic heterocycles. The molecule has 0 bridgehead atoms. The Bertz CT molecular complexity index is 454. The van der Waals surface area contributed by atoms with Gasteiger partial charge in [-0.15, -0.1) is 0 Å². The van der Waals surface area contributed by atoms with Crippen molar-refractivity contribution in [1.29, 1.82) is 0 Å². The number of ether oxygens (including phenoxy) is 1. The summed E-state index contributed by atoms with van der Waals surface area (Å²) in [4.78, 5) is 9.42. The average Bonchev–Trinajstić information content (AvgIpc) is 2.58. The number of hydrogen-bond donors (Lipinski definition) is 1. The zero-order valence-corrected chi connectivity index (χ0v) is 13.6. The van der Waals surface area contributed by atoms with Crippen LogP contribution < -0.4 is 10.1 Å². The van der Waals surface area contributed by atoms with Gasteiger partial charge in [-0.05, 0) is 43.5 Å². The Labute approximate surface area is 133 Å². The first-order valence-electron chi connectivity index (χ1n) is 8.47. The SMILES string of the molecule is COc1cncc(CN2CCN(CC3CCNCC3)CC2)c1. The fourth-order valence-corrected chi connectivity index (χ4v) is 3.48. The van der Waals surface area contributed by atoms with Gasteiger partial charge in [0.2, 0.25) is 0 Å². The van der Waals surface area contributed by atoms with E-state index in [2.05, 4.69) is 26.2 Å². The Morgan fingerprint density at radius 2 is 1.86 bits per heavy atom. The number of rotatable bonds is 5. The van der Waals surface area contributed by atoms with Gasteiger partial charge in [-0.2, -0.15) is 0 Å². The minimum Gasteiger partial charge on any atom is -0.495 e. The van der Waals surface area contributed by atoms with Gasteiger partial charge in [0.1, 0.15) is 5.75 Å². The van der Waals surface area contributed by atoms with Gasteiger partial charge >= 0.3 is 0 Å². The molecule has 0 saturated carbocycles. The number of piperazine rings is 1. The summed E-state index contributed by atoms with van der Waals surface area (Å²) in [6, 6.07) is 2.09. The van der Waals surface area contributed by atoms with Crippen LogP contribution in [0.3, 0.4) is 0 Å². The van der Waals surface area contributed by atoms with Crippen LogP contribution in [-0.2, 0) is 6.54 Å². The van der Waals surface area contributed by atoms with Gasteiger partial charge in [-0.1, -0.05) is 0 Å². The van der Waals surface area contributed by atoms with E-state index in [9.17, 15) is 0 Å². The molecule has 3 rings (SSSR count). The van der Waals surface area contributed by atoms with Crippen molar-refractivity contribution >= 4 is 0 Å². The zero-order valence-electron chi connectivity index (χ0n) is 13.6. The standard InChI is InChI=1S/C17H28N4O/c1-22-17-10-16(11-19-12-17)14-21-8-6-20(7-9-21)13-15-2-4-18-5-3-15/h10-12,15,18H,2-9,13-14H2,1H3. The van der Waals surface area contributed by atoms with Crippen LogP contribution in [0.5, 0.6) is 5.75 Å². The largest absolute Gasteiger partial charge is 0.495 e. The van der Waals surface area contributed by atoms with E-state index in [1.165, 1.54) is 51.1 Å². The quantitative estimate of drug-likeness (QED) is 0.885. The lowest BCUT2D eigenvalue weighted by Gasteiger charge is -2.37. The molecule has 1 aromatic rings. The molecule has 1 aromatic heterocycles. The molecule has 5 nitrogen and oxygen atoms in total. The van der Waals surface area contributed by atoms with Crippen LogP contribution in [0.4, 0.5) is 0 Å². The number of nitrogens with one attached hydrogen (secondary N) is 1. The van der Waals surface area contributed by atoms with E-state index in [0.29, 0.717) is 0 Å². The van der Waals surface area contributed by atoms with Crippen LogP contribution in [0.15, 0.2) is 18.5 Å². The summed E-state index contributed by atoms with van der Waals surface area (Å²) >= 11 is 0. The van der Waals surface area contributed by atoms with Crippen molar-refractivity contribution in [3.63, 3.8) is 0 Å². The zero-order chi connectivity index (χ0) is 15.2.